The summed E-state index contributed by atoms with van der Waals surface area (Å²) in [6.45, 7) is 2.32. The van der Waals surface area contributed by atoms with Crippen molar-refractivity contribution in [1.29, 1.82) is 0 Å². The highest BCUT2D eigenvalue weighted by molar-refractivity contribution is 6.09. The summed E-state index contributed by atoms with van der Waals surface area (Å²) >= 11 is 0. The van der Waals surface area contributed by atoms with Gasteiger partial charge in [-0.2, -0.15) is 13.2 Å². The molecule has 3 rings (SSSR count). The number of aliphatic carboxylic acids is 1. The highest BCUT2D eigenvalue weighted by Gasteiger charge is 2.40. The molecule has 3 N–H and O–H groups in total. The Morgan fingerprint density at radius 1 is 1.09 bits per heavy atom. The largest absolute Gasteiger partial charge is 0.487 e. The topological polar surface area (TPSA) is 103 Å². The molecule has 0 aliphatic rings. The number of fused-ring (bicyclic) bond motifs is 1. The molecule has 174 valence electrons. The summed E-state index contributed by atoms with van der Waals surface area (Å²) in [5.41, 5.74) is 3.47. The van der Waals surface area contributed by atoms with E-state index in [0.717, 1.165) is 12.3 Å². The first kappa shape index (κ1) is 24.1. The molecule has 0 amide bonds. The molecule has 1 unspecified atom stereocenters. The van der Waals surface area contributed by atoms with Crippen molar-refractivity contribution in [3.63, 3.8) is 0 Å². The van der Waals surface area contributed by atoms with E-state index in [1.165, 1.54) is 50.2 Å². The number of hydrogen-bond acceptors (Lipinski definition) is 5. The van der Waals surface area contributed by atoms with Crippen LogP contribution >= 0.6 is 0 Å². The Balaban J connectivity index is 2.02. The van der Waals surface area contributed by atoms with Crippen LogP contribution in [0.1, 0.15) is 35.5 Å². The zero-order chi connectivity index (χ0) is 24.6. The maximum absolute atomic E-state index is 14.3. The van der Waals surface area contributed by atoms with E-state index in [9.17, 15) is 32.3 Å². The Morgan fingerprint density at radius 2 is 1.79 bits per heavy atom. The maximum Gasteiger partial charge on any atom is 0.433 e. The van der Waals surface area contributed by atoms with Gasteiger partial charge in [0.25, 0.3) is 0 Å². The number of pyridine rings is 1. The first-order valence-electron chi connectivity index (χ1n) is 9.73. The smallest absolute Gasteiger partial charge is 0.433 e. The average molecular weight is 464 g/mol. The normalized spacial score (nSPS) is 13.1. The first-order valence-corrected chi connectivity index (χ1v) is 9.73. The third-order valence-corrected chi connectivity index (χ3v) is 5.33. The van der Waals surface area contributed by atoms with Crippen molar-refractivity contribution in [2.75, 3.05) is 0 Å². The van der Waals surface area contributed by atoms with E-state index < -0.39 is 40.9 Å². The zero-order valence-corrected chi connectivity index (χ0v) is 17.6. The molecular weight excluding hydrogens is 444 g/mol. The Morgan fingerprint density at radius 3 is 2.36 bits per heavy atom. The number of carboxylic acids is 1. The second-order valence-electron chi connectivity index (χ2n) is 7.98. The van der Waals surface area contributed by atoms with Gasteiger partial charge in [-0.25, -0.2) is 4.39 Å². The lowest BCUT2D eigenvalue weighted by atomic mass is 9.80. The SMILES string of the molecule is CC(C)(C(=O)O)C(N)C(=O)c1ccc2c(F)cccc2c1OCc1ccc(C(F)(F)F)nc1. The number of ether oxygens (including phenoxy) is 1. The molecule has 1 heterocycles. The minimum Gasteiger partial charge on any atom is -0.487 e. The number of alkyl halides is 3. The number of aromatic nitrogens is 1. The van der Waals surface area contributed by atoms with Gasteiger partial charge in [0.1, 0.15) is 23.9 Å². The van der Waals surface area contributed by atoms with Gasteiger partial charge < -0.3 is 15.6 Å². The van der Waals surface area contributed by atoms with Crippen molar-refractivity contribution in [1.82, 2.24) is 4.98 Å². The minimum atomic E-state index is -4.60. The van der Waals surface area contributed by atoms with Crippen molar-refractivity contribution in [3.8, 4) is 5.75 Å². The van der Waals surface area contributed by atoms with Crippen LogP contribution in [0.5, 0.6) is 5.75 Å². The predicted octanol–water partition coefficient (Wildman–Crippen LogP) is 4.59. The summed E-state index contributed by atoms with van der Waals surface area (Å²) < 4.78 is 58.3. The van der Waals surface area contributed by atoms with E-state index in [2.05, 4.69) is 4.98 Å². The Labute approximate surface area is 186 Å². The number of carbonyl (C=O) groups excluding carboxylic acids is 1. The first-order chi connectivity index (χ1) is 15.3. The molecule has 0 bridgehead atoms. The van der Waals surface area contributed by atoms with Gasteiger partial charge in [-0.15, -0.1) is 0 Å². The summed E-state index contributed by atoms with van der Waals surface area (Å²) in [6.07, 6.45) is -3.62. The second-order valence-corrected chi connectivity index (χ2v) is 7.98. The Hall–Kier alpha value is -3.53. The number of rotatable bonds is 7. The highest BCUT2D eigenvalue weighted by Crippen LogP contribution is 2.35. The molecule has 1 atom stereocenters. The van der Waals surface area contributed by atoms with Crippen molar-refractivity contribution < 1.29 is 37.0 Å². The molecule has 1 aromatic heterocycles. The lowest BCUT2D eigenvalue weighted by Crippen LogP contribution is -2.48. The number of nitrogens with zero attached hydrogens (tertiary/aromatic N) is 1. The molecule has 3 aromatic rings. The molecule has 0 aliphatic carbocycles. The number of halogens is 4. The van der Waals surface area contributed by atoms with Gasteiger partial charge in [0.15, 0.2) is 5.78 Å². The lowest BCUT2D eigenvalue weighted by molar-refractivity contribution is -0.147. The molecule has 33 heavy (non-hydrogen) atoms. The van der Waals surface area contributed by atoms with Crippen LogP contribution in [0.3, 0.4) is 0 Å². The van der Waals surface area contributed by atoms with Gasteiger partial charge in [0.05, 0.1) is 17.0 Å². The number of ketones is 1. The van der Waals surface area contributed by atoms with E-state index in [4.69, 9.17) is 10.5 Å². The fourth-order valence-corrected chi connectivity index (χ4v) is 3.10. The fourth-order valence-electron chi connectivity index (χ4n) is 3.10. The molecule has 0 saturated carbocycles. The van der Waals surface area contributed by atoms with Crippen molar-refractivity contribution >= 4 is 22.5 Å². The molecule has 6 nitrogen and oxygen atoms in total. The van der Waals surface area contributed by atoms with Crippen LogP contribution in [0.15, 0.2) is 48.7 Å². The molecule has 10 heteroatoms. The van der Waals surface area contributed by atoms with Crippen molar-refractivity contribution in [2.24, 2.45) is 11.1 Å². The average Bonchev–Trinajstić information content (AvgIpc) is 2.76. The van der Waals surface area contributed by atoms with Crippen LogP contribution in [0, 0.1) is 11.2 Å². The van der Waals surface area contributed by atoms with Crippen molar-refractivity contribution in [3.05, 3.63) is 71.3 Å². The van der Waals surface area contributed by atoms with Gasteiger partial charge in [0.2, 0.25) is 0 Å². The standard InChI is InChI=1S/C23H20F4N2O4/c1-22(2,21(31)32)20(28)18(30)15-8-7-13-14(4-3-5-16(13)24)19(15)33-11-12-6-9-17(29-10-12)23(25,26)27/h3-10,20H,11,28H2,1-2H3,(H,31,32). The van der Waals surface area contributed by atoms with Gasteiger partial charge >= 0.3 is 12.1 Å². The van der Waals surface area contributed by atoms with Crippen LogP contribution < -0.4 is 10.5 Å². The number of benzene rings is 2. The molecule has 0 aliphatic heterocycles. The van der Waals surface area contributed by atoms with Crippen LogP contribution in [-0.2, 0) is 17.6 Å². The molecule has 2 aromatic carbocycles. The number of Topliss-reactive ketones (excluding diaryl/α,β-unsaturated/α-hetero) is 1. The molecule has 0 saturated heterocycles. The van der Waals surface area contributed by atoms with Crippen LogP contribution in [0.4, 0.5) is 17.6 Å². The molecular formula is C23H20F4N2O4. The van der Waals surface area contributed by atoms with E-state index in [0.29, 0.717) is 0 Å². The molecule has 0 fully saturated rings. The quantitative estimate of drug-likeness (QED) is 0.392. The number of nitrogens with two attached hydrogens (primary N) is 1. The van der Waals surface area contributed by atoms with Crippen LogP contribution in [0.2, 0.25) is 0 Å². The molecule has 0 spiro atoms. The third-order valence-electron chi connectivity index (χ3n) is 5.33. The Bertz CT molecular complexity index is 1210. The lowest BCUT2D eigenvalue weighted by Gasteiger charge is -2.26. The van der Waals surface area contributed by atoms with Gasteiger partial charge in [-0.05, 0) is 32.0 Å². The summed E-state index contributed by atoms with van der Waals surface area (Å²) in [5, 5.41) is 9.78. The summed E-state index contributed by atoms with van der Waals surface area (Å²) in [4.78, 5) is 28.0. The van der Waals surface area contributed by atoms with E-state index in [1.807, 2.05) is 0 Å². The maximum atomic E-state index is 14.3. The van der Waals surface area contributed by atoms with Crippen LogP contribution in [-0.4, -0.2) is 27.9 Å². The molecule has 0 radical (unpaired) electrons. The number of hydrogen-bond donors (Lipinski definition) is 2. The third kappa shape index (κ3) is 4.80. The van der Waals surface area contributed by atoms with E-state index in [-0.39, 0.29) is 34.3 Å². The Kier molecular flexibility index (Phi) is 6.42. The van der Waals surface area contributed by atoms with Crippen molar-refractivity contribution in [2.45, 2.75) is 32.7 Å². The summed E-state index contributed by atoms with van der Waals surface area (Å²) in [6, 6.07) is 7.27. The summed E-state index contributed by atoms with van der Waals surface area (Å²) in [5.74, 6) is -2.67. The second kappa shape index (κ2) is 8.78. The summed E-state index contributed by atoms with van der Waals surface area (Å²) in [7, 11) is 0. The zero-order valence-electron chi connectivity index (χ0n) is 17.6. The van der Waals surface area contributed by atoms with Gasteiger partial charge in [0, 0.05) is 22.5 Å². The fraction of sp³-hybridized carbons (Fsp3) is 0.261. The van der Waals surface area contributed by atoms with Crippen LogP contribution in [0.25, 0.3) is 10.8 Å². The number of carboxylic acid groups (broad SMARTS) is 1. The highest BCUT2D eigenvalue weighted by atomic mass is 19.4. The van der Waals surface area contributed by atoms with Gasteiger partial charge in [-0.1, -0.05) is 24.3 Å². The van der Waals surface area contributed by atoms with E-state index in [1.54, 1.807) is 0 Å². The number of carbonyl (C=O) groups is 2. The monoisotopic (exact) mass is 464 g/mol. The predicted molar refractivity (Wildman–Crippen MR) is 111 cm³/mol. The minimum absolute atomic E-state index is 0.0615. The van der Waals surface area contributed by atoms with Gasteiger partial charge in [-0.3, -0.25) is 14.6 Å². The van der Waals surface area contributed by atoms with E-state index >= 15 is 0 Å².